The van der Waals surface area contributed by atoms with Crippen LogP contribution in [-0.2, 0) is 0 Å². The minimum Gasteiger partial charge on any atom is -0.317 e. The minimum atomic E-state index is 0.115. The van der Waals surface area contributed by atoms with Crippen molar-refractivity contribution < 1.29 is 4.79 Å². The number of rotatable bonds is 5. The Morgan fingerprint density at radius 3 is 2.89 bits per heavy atom. The average molecular weight is 250 g/mol. The molecule has 1 fully saturated rings. The maximum atomic E-state index is 11.9. The van der Waals surface area contributed by atoms with Crippen molar-refractivity contribution in [3.8, 4) is 0 Å². The van der Waals surface area contributed by atoms with Crippen molar-refractivity contribution in [3.05, 3.63) is 11.9 Å². The van der Waals surface area contributed by atoms with Crippen molar-refractivity contribution in [2.75, 3.05) is 13.1 Å². The van der Waals surface area contributed by atoms with Gasteiger partial charge in [0.15, 0.2) is 5.78 Å². The molecule has 0 radical (unpaired) electrons. The molecule has 18 heavy (non-hydrogen) atoms. The van der Waals surface area contributed by atoms with Crippen molar-refractivity contribution in [2.45, 2.75) is 45.6 Å². The zero-order chi connectivity index (χ0) is 13.0. The first kappa shape index (κ1) is 13.2. The molecular weight excluding hydrogens is 228 g/mol. The molecule has 1 N–H and O–H groups in total. The third-order valence-electron chi connectivity index (χ3n) is 3.43. The molecule has 2 rings (SSSR count). The van der Waals surface area contributed by atoms with Crippen LogP contribution in [0.2, 0.25) is 0 Å². The SMILES string of the molecule is CC(C)CCC(=O)c1cn(C2CCNCC2)nn1. The quantitative estimate of drug-likeness (QED) is 0.810. The largest absolute Gasteiger partial charge is 0.317 e. The van der Waals surface area contributed by atoms with Gasteiger partial charge < -0.3 is 5.32 Å². The molecule has 1 aliphatic heterocycles. The predicted octanol–water partition coefficient (Wildman–Crippen LogP) is 1.82. The summed E-state index contributed by atoms with van der Waals surface area (Å²) in [4.78, 5) is 11.9. The second-order valence-electron chi connectivity index (χ2n) is 5.42. The summed E-state index contributed by atoms with van der Waals surface area (Å²) in [5.74, 6) is 0.664. The number of hydrogen-bond acceptors (Lipinski definition) is 4. The predicted molar refractivity (Wildman–Crippen MR) is 69.6 cm³/mol. The second kappa shape index (κ2) is 6.09. The van der Waals surface area contributed by atoms with Crippen molar-refractivity contribution >= 4 is 5.78 Å². The van der Waals surface area contributed by atoms with Crippen molar-refractivity contribution in [2.24, 2.45) is 5.92 Å². The molecule has 0 aromatic carbocycles. The number of nitrogens with zero attached hydrogens (tertiary/aromatic N) is 3. The van der Waals surface area contributed by atoms with Gasteiger partial charge >= 0.3 is 0 Å². The number of Topliss-reactive ketones (excluding diaryl/α,β-unsaturated/α-hetero) is 1. The number of nitrogens with one attached hydrogen (secondary N) is 1. The van der Waals surface area contributed by atoms with E-state index < -0.39 is 0 Å². The molecule has 1 saturated heterocycles. The summed E-state index contributed by atoms with van der Waals surface area (Å²) >= 11 is 0. The molecule has 100 valence electrons. The Morgan fingerprint density at radius 1 is 1.50 bits per heavy atom. The first-order chi connectivity index (χ1) is 8.66. The third-order valence-corrected chi connectivity index (χ3v) is 3.43. The standard InChI is InChI=1S/C13H22N4O/c1-10(2)3-4-13(18)12-9-17(16-15-12)11-5-7-14-8-6-11/h9-11,14H,3-8H2,1-2H3. The van der Waals surface area contributed by atoms with E-state index in [-0.39, 0.29) is 5.78 Å². The Hall–Kier alpha value is -1.23. The molecule has 1 aromatic heterocycles. The summed E-state index contributed by atoms with van der Waals surface area (Å²) in [6.45, 7) is 6.28. The molecular formula is C13H22N4O. The Bertz CT molecular complexity index is 393. The third kappa shape index (κ3) is 3.38. The van der Waals surface area contributed by atoms with Gasteiger partial charge in [0.05, 0.1) is 12.2 Å². The molecule has 5 heteroatoms. The van der Waals surface area contributed by atoms with Crippen LogP contribution in [-0.4, -0.2) is 33.9 Å². The van der Waals surface area contributed by atoms with E-state index in [1.165, 1.54) is 0 Å². The van der Waals surface area contributed by atoms with E-state index in [9.17, 15) is 4.79 Å². The second-order valence-corrected chi connectivity index (χ2v) is 5.42. The van der Waals surface area contributed by atoms with Crippen LogP contribution < -0.4 is 5.32 Å². The number of carbonyl (C=O) groups is 1. The van der Waals surface area contributed by atoms with Crippen LogP contribution in [0, 0.1) is 5.92 Å². The van der Waals surface area contributed by atoms with Crippen LogP contribution in [0.1, 0.15) is 56.1 Å². The molecule has 2 heterocycles. The molecule has 0 amide bonds. The van der Waals surface area contributed by atoms with Gasteiger partial charge in [0, 0.05) is 6.42 Å². The Balaban J connectivity index is 1.94. The smallest absolute Gasteiger partial charge is 0.184 e. The van der Waals surface area contributed by atoms with E-state index >= 15 is 0 Å². The Morgan fingerprint density at radius 2 is 2.22 bits per heavy atom. The highest BCUT2D eigenvalue weighted by atomic mass is 16.1. The van der Waals surface area contributed by atoms with Gasteiger partial charge in [-0.3, -0.25) is 4.79 Å². The van der Waals surface area contributed by atoms with E-state index in [2.05, 4.69) is 29.5 Å². The monoisotopic (exact) mass is 250 g/mol. The van der Waals surface area contributed by atoms with Crippen LogP contribution in [0.15, 0.2) is 6.20 Å². The number of carbonyl (C=O) groups excluding carboxylic acids is 1. The summed E-state index contributed by atoms with van der Waals surface area (Å²) < 4.78 is 1.86. The van der Waals surface area contributed by atoms with E-state index in [4.69, 9.17) is 0 Å². The fourth-order valence-electron chi connectivity index (χ4n) is 2.20. The highest BCUT2D eigenvalue weighted by Crippen LogP contribution is 2.17. The molecule has 0 spiro atoms. The molecule has 0 bridgehead atoms. The maximum absolute atomic E-state index is 11.9. The molecule has 0 unspecified atom stereocenters. The van der Waals surface area contributed by atoms with E-state index in [0.717, 1.165) is 32.4 Å². The van der Waals surface area contributed by atoms with Crippen LogP contribution in [0.3, 0.4) is 0 Å². The summed E-state index contributed by atoms with van der Waals surface area (Å²) in [5.41, 5.74) is 0.522. The van der Waals surface area contributed by atoms with Crippen molar-refractivity contribution in [3.63, 3.8) is 0 Å². The van der Waals surface area contributed by atoms with Gasteiger partial charge in [0.2, 0.25) is 0 Å². The normalized spacial score (nSPS) is 17.3. The average Bonchev–Trinajstić information content (AvgIpc) is 2.86. The Kier molecular flexibility index (Phi) is 4.47. The zero-order valence-corrected chi connectivity index (χ0v) is 11.2. The van der Waals surface area contributed by atoms with Gasteiger partial charge in [-0.1, -0.05) is 19.1 Å². The summed E-state index contributed by atoms with van der Waals surface area (Å²) in [7, 11) is 0. The van der Waals surface area contributed by atoms with E-state index in [0.29, 0.717) is 24.1 Å². The van der Waals surface area contributed by atoms with Crippen LogP contribution in [0.5, 0.6) is 0 Å². The minimum absolute atomic E-state index is 0.115. The lowest BCUT2D eigenvalue weighted by Crippen LogP contribution is -2.29. The topological polar surface area (TPSA) is 59.8 Å². The fourth-order valence-corrected chi connectivity index (χ4v) is 2.20. The van der Waals surface area contributed by atoms with Gasteiger partial charge in [0.25, 0.3) is 0 Å². The number of hydrogen-bond donors (Lipinski definition) is 1. The lowest BCUT2D eigenvalue weighted by Gasteiger charge is -2.22. The van der Waals surface area contributed by atoms with Crippen LogP contribution in [0.25, 0.3) is 0 Å². The highest BCUT2D eigenvalue weighted by Gasteiger charge is 2.18. The van der Waals surface area contributed by atoms with E-state index in [1.807, 2.05) is 10.9 Å². The number of piperidine rings is 1. The first-order valence-electron chi connectivity index (χ1n) is 6.82. The van der Waals surface area contributed by atoms with E-state index in [1.54, 1.807) is 0 Å². The molecule has 1 aliphatic rings. The molecule has 5 nitrogen and oxygen atoms in total. The van der Waals surface area contributed by atoms with Gasteiger partial charge in [-0.25, -0.2) is 4.68 Å². The van der Waals surface area contributed by atoms with Crippen LogP contribution in [0.4, 0.5) is 0 Å². The summed E-state index contributed by atoms with van der Waals surface area (Å²) in [5, 5.41) is 11.4. The van der Waals surface area contributed by atoms with Crippen LogP contribution >= 0.6 is 0 Å². The first-order valence-corrected chi connectivity index (χ1v) is 6.82. The lowest BCUT2D eigenvalue weighted by atomic mass is 10.0. The molecule has 0 saturated carbocycles. The molecule has 0 atom stereocenters. The number of aromatic nitrogens is 3. The highest BCUT2D eigenvalue weighted by molar-refractivity contribution is 5.93. The lowest BCUT2D eigenvalue weighted by molar-refractivity contribution is 0.0970. The van der Waals surface area contributed by atoms with Crippen molar-refractivity contribution in [1.82, 2.24) is 20.3 Å². The van der Waals surface area contributed by atoms with Gasteiger partial charge in [-0.05, 0) is 38.3 Å². The summed E-state index contributed by atoms with van der Waals surface area (Å²) in [6, 6.07) is 0.394. The molecule has 0 aliphatic carbocycles. The summed E-state index contributed by atoms with van der Waals surface area (Å²) in [6.07, 6.45) is 5.42. The van der Waals surface area contributed by atoms with Gasteiger partial charge in [0.1, 0.15) is 5.69 Å². The number of ketones is 1. The fraction of sp³-hybridized carbons (Fsp3) is 0.769. The zero-order valence-electron chi connectivity index (χ0n) is 11.2. The van der Waals surface area contributed by atoms with Crippen molar-refractivity contribution in [1.29, 1.82) is 0 Å². The van der Waals surface area contributed by atoms with Gasteiger partial charge in [-0.2, -0.15) is 0 Å². The van der Waals surface area contributed by atoms with Gasteiger partial charge in [-0.15, -0.1) is 5.10 Å². The molecule has 1 aromatic rings. The Labute approximate surface area is 108 Å². The maximum Gasteiger partial charge on any atom is 0.184 e.